The zero-order chi connectivity index (χ0) is 15.2. The Morgan fingerprint density at radius 3 is 2.81 bits per heavy atom. The Morgan fingerprint density at radius 2 is 2.14 bits per heavy atom. The highest BCUT2D eigenvalue weighted by Crippen LogP contribution is 2.38. The van der Waals surface area contributed by atoms with Gasteiger partial charge in [0.05, 0.1) is 0 Å². The van der Waals surface area contributed by atoms with Crippen LogP contribution in [-0.2, 0) is 0 Å². The number of alkyl halides is 2. The van der Waals surface area contributed by atoms with E-state index in [1.165, 1.54) is 32.1 Å². The van der Waals surface area contributed by atoms with Gasteiger partial charge in [-0.15, -0.1) is 0 Å². The lowest BCUT2D eigenvalue weighted by molar-refractivity contribution is -0.0499. The van der Waals surface area contributed by atoms with Crippen LogP contribution < -0.4 is 10.1 Å². The largest absolute Gasteiger partial charge is 0.435 e. The molecule has 2 nitrogen and oxygen atoms in total. The van der Waals surface area contributed by atoms with Crippen LogP contribution in [0.15, 0.2) is 24.3 Å². The summed E-state index contributed by atoms with van der Waals surface area (Å²) in [7, 11) is 1.95. The average Bonchev–Trinajstić information content (AvgIpc) is 2.48. The van der Waals surface area contributed by atoms with E-state index in [9.17, 15) is 8.78 Å². The van der Waals surface area contributed by atoms with Gasteiger partial charge in [-0.05, 0) is 49.4 Å². The van der Waals surface area contributed by atoms with Gasteiger partial charge in [0.25, 0.3) is 0 Å². The van der Waals surface area contributed by atoms with Gasteiger partial charge in [-0.25, -0.2) is 0 Å². The van der Waals surface area contributed by atoms with E-state index in [2.05, 4.69) is 17.0 Å². The van der Waals surface area contributed by atoms with E-state index < -0.39 is 6.61 Å². The van der Waals surface area contributed by atoms with E-state index in [-0.39, 0.29) is 11.8 Å². The average molecular weight is 297 g/mol. The first-order valence-corrected chi connectivity index (χ1v) is 7.86. The van der Waals surface area contributed by atoms with Gasteiger partial charge in [0.2, 0.25) is 0 Å². The molecule has 0 amide bonds. The van der Waals surface area contributed by atoms with E-state index in [1.807, 2.05) is 13.1 Å². The van der Waals surface area contributed by atoms with Crippen LogP contribution in [-0.4, -0.2) is 13.7 Å². The lowest BCUT2D eigenvalue weighted by atomic mass is 9.75. The molecule has 0 bridgehead atoms. The van der Waals surface area contributed by atoms with Crippen molar-refractivity contribution in [1.29, 1.82) is 0 Å². The van der Waals surface area contributed by atoms with E-state index in [1.54, 1.807) is 18.2 Å². The van der Waals surface area contributed by atoms with Gasteiger partial charge in [-0.2, -0.15) is 8.78 Å². The summed E-state index contributed by atoms with van der Waals surface area (Å²) in [6.07, 6.45) is 6.21. The molecular formula is C17H25F2NO. The maximum Gasteiger partial charge on any atom is 0.387 e. The zero-order valence-corrected chi connectivity index (χ0v) is 12.8. The zero-order valence-electron chi connectivity index (χ0n) is 12.8. The molecule has 1 fully saturated rings. The molecule has 21 heavy (non-hydrogen) atoms. The van der Waals surface area contributed by atoms with Crippen molar-refractivity contribution < 1.29 is 13.5 Å². The van der Waals surface area contributed by atoms with Crippen LogP contribution in [0.5, 0.6) is 5.75 Å². The van der Waals surface area contributed by atoms with Crippen LogP contribution in [0, 0.1) is 11.8 Å². The van der Waals surface area contributed by atoms with Gasteiger partial charge in [0.1, 0.15) is 5.75 Å². The van der Waals surface area contributed by atoms with Gasteiger partial charge in [0.15, 0.2) is 0 Å². The molecule has 1 aromatic rings. The fourth-order valence-electron chi connectivity index (χ4n) is 3.56. The molecular weight excluding hydrogens is 272 g/mol. The Kier molecular flexibility index (Phi) is 5.97. The smallest absolute Gasteiger partial charge is 0.387 e. The second-order valence-electron chi connectivity index (χ2n) is 5.92. The first-order chi connectivity index (χ1) is 10.1. The molecule has 0 aliphatic heterocycles. The van der Waals surface area contributed by atoms with Crippen molar-refractivity contribution >= 4 is 0 Å². The normalized spacial score (nSPS) is 24.0. The number of rotatable bonds is 6. The van der Waals surface area contributed by atoms with Gasteiger partial charge < -0.3 is 10.1 Å². The monoisotopic (exact) mass is 297 g/mol. The molecule has 1 aliphatic carbocycles. The SMILES string of the molecule is CCC1CCCC(C(NC)c2cccc(OC(F)F)c2)C1. The van der Waals surface area contributed by atoms with Crippen molar-refractivity contribution in [2.45, 2.75) is 51.7 Å². The van der Waals surface area contributed by atoms with Crippen molar-refractivity contribution in [3.8, 4) is 5.75 Å². The highest BCUT2D eigenvalue weighted by Gasteiger charge is 2.28. The molecule has 1 saturated carbocycles. The standard InChI is InChI=1S/C17H25F2NO/c1-3-12-6-4-7-13(10-12)16(20-2)14-8-5-9-15(11-14)21-17(18)19/h5,8-9,11-13,16-17,20H,3-4,6-7,10H2,1-2H3. The molecule has 3 atom stereocenters. The Bertz CT molecular complexity index is 439. The minimum Gasteiger partial charge on any atom is -0.435 e. The molecule has 0 heterocycles. The number of ether oxygens (including phenoxy) is 1. The number of hydrogen-bond donors (Lipinski definition) is 1. The summed E-state index contributed by atoms with van der Waals surface area (Å²) in [5.41, 5.74) is 1.04. The van der Waals surface area contributed by atoms with Crippen molar-refractivity contribution in [3.63, 3.8) is 0 Å². The van der Waals surface area contributed by atoms with E-state index >= 15 is 0 Å². The van der Waals surface area contributed by atoms with Gasteiger partial charge in [-0.3, -0.25) is 0 Å². The van der Waals surface area contributed by atoms with Crippen LogP contribution in [0.3, 0.4) is 0 Å². The number of halogens is 2. The van der Waals surface area contributed by atoms with E-state index in [0.717, 1.165) is 11.5 Å². The van der Waals surface area contributed by atoms with Crippen molar-refractivity contribution in [2.24, 2.45) is 11.8 Å². The Hall–Kier alpha value is -1.16. The van der Waals surface area contributed by atoms with Crippen molar-refractivity contribution in [3.05, 3.63) is 29.8 Å². The van der Waals surface area contributed by atoms with E-state index in [0.29, 0.717) is 5.92 Å². The molecule has 1 aromatic carbocycles. The molecule has 0 radical (unpaired) electrons. The summed E-state index contributed by atoms with van der Waals surface area (Å²) in [4.78, 5) is 0. The lowest BCUT2D eigenvalue weighted by Crippen LogP contribution is -2.29. The Labute approximate surface area is 125 Å². The summed E-state index contributed by atoms with van der Waals surface area (Å²) >= 11 is 0. The third kappa shape index (κ3) is 4.40. The molecule has 1 N–H and O–H groups in total. The predicted molar refractivity (Wildman–Crippen MR) is 80.6 cm³/mol. The number of hydrogen-bond acceptors (Lipinski definition) is 2. The first-order valence-electron chi connectivity index (χ1n) is 7.86. The molecule has 118 valence electrons. The third-order valence-corrected chi connectivity index (χ3v) is 4.63. The summed E-state index contributed by atoms with van der Waals surface area (Å²) < 4.78 is 29.2. The molecule has 1 aliphatic rings. The Balaban J connectivity index is 2.12. The summed E-state index contributed by atoms with van der Waals surface area (Å²) in [6.45, 7) is -0.522. The van der Waals surface area contributed by atoms with E-state index in [4.69, 9.17) is 0 Å². The third-order valence-electron chi connectivity index (χ3n) is 4.63. The lowest BCUT2D eigenvalue weighted by Gasteiger charge is -2.34. The number of benzene rings is 1. The number of nitrogens with one attached hydrogen (secondary N) is 1. The first kappa shape index (κ1) is 16.2. The molecule has 0 saturated heterocycles. The minimum absolute atomic E-state index is 0.209. The predicted octanol–water partition coefficient (Wildman–Crippen LogP) is 4.76. The highest BCUT2D eigenvalue weighted by molar-refractivity contribution is 5.31. The van der Waals surface area contributed by atoms with Crippen LogP contribution in [0.2, 0.25) is 0 Å². The quantitative estimate of drug-likeness (QED) is 0.817. The second-order valence-corrected chi connectivity index (χ2v) is 5.92. The molecule has 2 rings (SSSR count). The molecule has 4 heteroatoms. The topological polar surface area (TPSA) is 21.3 Å². The molecule has 3 unspecified atom stereocenters. The maximum absolute atomic E-state index is 12.3. The van der Waals surface area contributed by atoms with Gasteiger partial charge in [-0.1, -0.05) is 38.3 Å². The molecule has 0 spiro atoms. The Morgan fingerprint density at radius 1 is 1.33 bits per heavy atom. The van der Waals surface area contributed by atoms with Crippen LogP contribution in [0.25, 0.3) is 0 Å². The maximum atomic E-state index is 12.3. The van der Waals surface area contributed by atoms with Gasteiger partial charge in [0, 0.05) is 6.04 Å². The summed E-state index contributed by atoms with van der Waals surface area (Å²) in [6, 6.07) is 7.31. The fourth-order valence-corrected chi connectivity index (χ4v) is 3.56. The fraction of sp³-hybridized carbons (Fsp3) is 0.647. The second kappa shape index (κ2) is 7.74. The van der Waals surface area contributed by atoms with Crippen LogP contribution >= 0.6 is 0 Å². The van der Waals surface area contributed by atoms with Crippen LogP contribution in [0.1, 0.15) is 50.6 Å². The van der Waals surface area contributed by atoms with Crippen LogP contribution in [0.4, 0.5) is 8.78 Å². The molecule has 0 aromatic heterocycles. The van der Waals surface area contributed by atoms with Crippen molar-refractivity contribution in [1.82, 2.24) is 5.32 Å². The van der Waals surface area contributed by atoms with Crippen molar-refractivity contribution in [2.75, 3.05) is 7.05 Å². The highest BCUT2D eigenvalue weighted by atomic mass is 19.3. The summed E-state index contributed by atoms with van der Waals surface area (Å²) in [5.74, 6) is 1.60. The summed E-state index contributed by atoms with van der Waals surface area (Å²) in [5, 5.41) is 3.37. The minimum atomic E-state index is -2.77. The van der Waals surface area contributed by atoms with Gasteiger partial charge >= 0.3 is 6.61 Å².